The maximum atomic E-state index is 13.5. The molecule has 1 aliphatic rings. The summed E-state index contributed by atoms with van der Waals surface area (Å²) in [5.74, 6) is -0.169. The highest BCUT2D eigenvalue weighted by Crippen LogP contribution is 2.32. The number of carbonyl (C=O) groups is 1. The van der Waals surface area contributed by atoms with Crippen LogP contribution in [0.1, 0.15) is 33.8 Å². The van der Waals surface area contributed by atoms with Crippen molar-refractivity contribution in [2.45, 2.75) is 32.2 Å². The second-order valence-electron chi connectivity index (χ2n) is 6.57. The van der Waals surface area contributed by atoms with Gasteiger partial charge in [-0.2, -0.15) is 11.3 Å². The normalized spacial score (nSPS) is 17.0. The lowest BCUT2D eigenvalue weighted by atomic mass is 10.0. The molecule has 1 aliphatic heterocycles. The Morgan fingerprint density at radius 2 is 2.27 bits per heavy atom. The average Bonchev–Trinajstić information content (AvgIpc) is 3.34. The molecular weight excluding hydrogens is 367 g/mol. The highest BCUT2D eigenvalue weighted by Gasteiger charge is 2.31. The first-order valence-electron chi connectivity index (χ1n) is 8.67. The zero-order chi connectivity index (χ0) is 18.1. The van der Waals surface area contributed by atoms with Crippen LogP contribution in [-0.2, 0) is 6.42 Å². The van der Waals surface area contributed by atoms with Crippen LogP contribution in [0.15, 0.2) is 41.1 Å². The average molecular weight is 387 g/mol. The number of thiophene rings is 1. The molecule has 134 valence electrons. The summed E-state index contributed by atoms with van der Waals surface area (Å²) in [7, 11) is 0. The van der Waals surface area contributed by atoms with Crippen LogP contribution >= 0.6 is 22.7 Å². The molecule has 1 atom stereocenters. The number of likely N-dealkylation sites (tertiary alicyclic amines) is 1. The Morgan fingerprint density at radius 1 is 1.38 bits per heavy atom. The van der Waals surface area contributed by atoms with E-state index in [4.69, 9.17) is 0 Å². The molecule has 0 N–H and O–H groups in total. The summed E-state index contributed by atoms with van der Waals surface area (Å²) in [6.07, 6.45) is 2.64. The maximum absolute atomic E-state index is 13.5. The zero-order valence-electron chi connectivity index (χ0n) is 14.4. The molecule has 2 aromatic heterocycles. The van der Waals surface area contributed by atoms with E-state index in [1.54, 1.807) is 23.5 Å². The molecule has 1 fully saturated rings. The van der Waals surface area contributed by atoms with Crippen LogP contribution in [0.3, 0.4) is 0 Å². The SMILES string of the molecule is Cc1nc(-c2ccsc2)sc1C(=O)N1CCCC1Cc1cccc(F)c1. The largest absolute Gasteiger partial charge is 0.335 e. The number of benzene rings is 1. The Bertz CT molecular complexity index is 920. The van der Waals surface area contributed by atoms with Crippen LogP contribution in [0.5, 0.6) is 0 Å². The first-order chi connectivity index (χ1) is 12.6. The van der Waals surface area contributed by atoms with Gasteiger partial charge in [0.25, 0.3) is 5.91 Å². The van der Waals surface area contributed by atoms with E-state index >= 15 is 0 Å². The van der Waals surface area contributed by atoms with Gasteiger partial charge in [0.1, 0.15) is 15.7 Å². The number of aryl methyl sites for hydroxylation is 1. The predicted octanol–water partition coefficient (Wildman–Crippen LogP) is 5.17. The molecule has 0 saturated carbocycles. The van der Waals surface area contributed by atoms with Gasteiger partial charge in [0.15, 0.2) is 0 Å². The lowest BCUT2D eigenvalue weighted by molar-refractivity contribution is 0.0740. The maximum Gasteiger partial charge on any atom is 0.266 e. The molecule has 4 rings (SSSR count). The van der Waals surface area contributed by atoms with E-state index in [1.165, 1.54) is 17.4 Å². The van der Waals surface area contributed by atoms with Gasteiger partial charge >= 0.3 is 0 Å². The van der Waals surface area contributed by atoms with Crippen molar-refractivity contribution >= 4 is 28.6 Å². The van der Waals surface area contributed by atoms with Gasteiger partial charge in [-0.05, 0) is 55.3 Å². The lowest BCUT2D eigenvalue weighted by Gasteiger charge is -2.24. The predicted molar refractivity (Wildman–Crippen MR) is 104 cm³/mol. The fourth-order valence-electron chi connectivity index (χ4n) is 3.49. The Hall–Kier alpha value is -2.05. The second-order valence-corrected chi connectivity index (χ2v) is 8.35. The van der Waals surface area contributed by atoms with Gasteiger partial charge in [-0.15, -0.1) is 11.3 Å². The van der Waals surface area contributed by atoms with Gasteiger partial charge in [0.05, 0.1) is 5.69 Å². The van der Waals surface area contributed by atoms with Crippen LogP contribution in [0.2, 0.25) is 0 Å². The number of hydrogen-bond donors (Lipinski definition) is 0. The minimum absolute atomic E-state index is 0.0559. The minimum Gasteiger partial charge on any atom is -0.335 e. The van der Waals surface area contributed by atoms with Crippen molar-refractivity contribution in [2.75, 3.05) is 6.54 Å². The number of aromatic nitrogens is 1. The van der Waals surface area contributed by atoms with E-state index in [1.807, 2.05) is 29.3 Å². The van der Waals surface area contributed by atoms with E-state index < -0.39 is 0 Å². The third-order valence-electron chi connectivity index (χ3n) is 4.76. The third kappa shape index (κ3) is 3.44. The molecule has 1 unspecified atom stereocenters. The van der Waals surface area contributed by atoms with Gasteiger partial charge in [-0.3, -0.25) is 4.79 Å². The van der Waals surface area contributed by atoms with E-state index in [0.717, 1.165) is 46.1 Å². The number of rotatable bonds is 4. The van der Waals surface area contributed by atoms with Gasteiger partial charge in [-0.25, -0.2) is 9.37 Å². The van der Waals surface area contributed by atoms with Crippen LogP contribution < -0.4 is 0 Å². The van der Waals surface area contributed by atoms with Crippen LogP contribution in [0, 0.1) is 12.7 Å². The summed E-state index contributed by atoms with van der Waals surface area (Å²) in [6, 6.07) is 8.82. The zero-order valence-corrected chi connectivity index (χ0v) is 16.1. The highest BCUT2D eigenvalue weighted by atomic mass is 32.1. The monoisotopic (exact) mass is 386 g/mol. The standard InChI is InChI=1S/C20H19FN2OS2/c1-13-18(26-19(22-13)15-7-9-25-12-15)20(24)23-8-3-6-17(23)11-14-4-2-5-16(21)10-14/h2,4-5,7,9-10,12,17H,3,6,8,11H2,1H3. The number of hydrogen-bond acceptors (Lipinski definition) is 4. The van der Waals surface area contributed by atoms with Gasteiger partial charge in [0, 0.05) is 23.5 Å². The molecule has 26 heavy (non-hydrogen) atoms. The Labute approximate surface area is 160 Å². The minimum atomic E-state index is -0.225. The van der Waals surface area contributed by atoms with Crippen molar-refractivity contribution < 1.29 is 9.18 Å². The molecule has 3 nitrogen and oxygen atoms in total. The third-order valence-corrected chi connectivity index (χ3v) is 6.64. The lowest BCUT2D eigenvalue weighted by Crippen LogP contribution is -2.36. The van der Waals surface area contributed by atoms with Crippen LogP contribution in [0.4, 0.5) is 4.39 Å². The summed E-state index contributed by atoms with van der Waals surface area (Å²) >= 11 is 3.09. The van der Waals surface area contributed by atoms with E-state index in [0.29, 0.717) is 6.42 Å². The van der Waals surface area contributed by atoms with Gasteiger partial charge in [0.2, 0.25) is 0 Å². The van der Waals surface area contributed by atoms with Crippen LogP contribution in [0.25, 0.3) is 10.6 Å². The van der Waals surface area contributed by atoms with E-state index in [-0.39, 0.29) is 17.8 Å². The number of carbonyl (C=O) groups excluding carboxylic acids is 1. The van der Waals surface area contributed by atoms with Crippen molar-refractivity contribution in [2.24, 2.45) is 0 Å². The number of nitrogens with zero attached hydrogens (tertiary/aromatic N) is 2. The van der Waals surface area contributed by atoms with Crippen molar-refractivity contribution in [3.8, 4) is 10.6 Å². The molecule has 0 aliphatic carbocycles. The summed E-state index contributed by atoms with van der Waals surface area (Å²) in [4.78, 5) is 20.4. The number of halogens is 1. The fourth-order valence-corrected chi connectivity index (χ4v) is 5.22. The molecule has 0 spiro atoms. The van der Waals surface area contributed by atoms with Crippen molar-refractivity contribution in [3.63, 3.8) is 0 Å². The van der Waals surface area contributed by atoms with E-state index in [9.17, 15) is 9.18 Å². The summed E-state index contributed by atoms with van der Waals surface area (Å²) in [6.45, 7) is 2.65. The van der Waals surface area contributed by atoms with E-state index in [2.05, 4.69) is 10.4 Å². The number of amides is 1. The molecule has 0 radical (unpaired) electrons. The highest BCUT2D eigenvalue weighted by molar-refractivity contribution is 7.17. The summed E-state index contributed by atoms with van der Waals surface area (Å²) < 4.78 is 13.5. The van der Waals surface area contributed by atoms with Crippen molar-refractivity contribution in [1.29, 1.82) is 0 Å². The first kappa shape index (κ1) is 17.4. The van der Waals surface area contributed by atoms with Gasteiger partial charge < -0.3 is 4.90 Å². The van der Waals surface area contributed by atoms with Crippen molar-refractivity contribution in [3.05, 3.63) is 63.0 Å². The summed E-state index contributed by atoms with van der Waals surface area (Å²) in [5.41, 5.74) is 2.80. The first-order valence-corrected chi connectivity index (χ1v) is 10.4. The molecule has 6 heteroatoms. The molecular formula is C20H19FN2OS2. The molecule has 3 heterocycles. The molecule has 0 bridgehead atoms. The molecule has 1 amide bonds. The summed E-state index contributed by atoms with van der Waals surface area (Å²) in [5, 5.41) is 4.96. The Kier molecular flexibility index (Phi) is 4.87. The number of thiazole rings is 1. The Morgan fingerprint density at radius 3 is 3.04 bits per heavy atom. The molecule has 1 saturated heterocycles. The fraction of sp³-hybridized carbons (Fsp3) is 0.300. The van der Waals surface area contributed by atoms with Gasteiger partial charge in [-0.1, -0.05) is 12.1 Å². The van der Waals surface area contributed by atoms with Crippen molar-refractivity contribution in [1.82, 2.24) is 9.88 Å². The quantitative estimate of drug-likeness (QED) is 0.620. The molecule has 1 aromatic carbocycles. The molecule has 3 aromatic rings. The van der Waals surface area contributed by atoms with Crippen LogP contribution in [-0.4, -0.2) is 28.4 Å². The second kappa shape index (κ2) is 7.29. The topological polar surface area (TPSA) is 33.2 Å². The Balaban J connectivity index is 1.55. The smallest absolute Gasteiger partial charge is 0.266 e.